The van der Waals surface area contributed by atoms with E-state index in [4.69, 9.17) is 50.9 Å². The molecule has 7 nitrogen and oxygen atoms in total. The van der Waals surface area contributed by atoms with Crippen molar-refractivity contribution in [3.05, 3.63) is 0 Å². The zero-order valence-electron chi connectivity index (χ0n) is 11.4. The van der Waals surface area contributed by atoms with Crippen molar-refractivity contribution in [3.8, 4) is 0 Å². The third kappa shape index (κ3) is 8.47. The van der Waals surface area contributed by atoms with Crippen molar-refractivity contribution in [1.82, 2.24) is 15.3 Å². The fraction of sp³-hybridized carbons (Fsp3) is 0.667. The van der Waals surface area contributed by atoms with Gasteiger partial charge in [0, 0.05) is 0 Å². The summed E-state index contributed by atoms with van der Waals surface area (Å²) in [6.45, 7) is 6.23. The van der Waals surface area contributed by atoms with Crippen molar-refractivity contribution in [3.63, 3.8) is 0 Å². The molecule has 0 heterocycles. The lowest BCUT2D eigenvalue weighted by Gasteiger charge is -2.23. The summed E-state index contributed by atoms with van der Waals surface area (Å²) >= 11 is 14.6. The van der Waals surface area contributed by atoms with Crippen molar-refractivity contribution >= 4 is 59.8 Å². The van der Waals surface area contributed by atoms with Crippen LogP contribution in [0.2, 0.25) is 0 Å². The lowest BCUT2D eigenvalue weighted by Crippen LogP contribution is -2.40. The number of thiocarbonyl (C=S) groups is 3. The van der Waals surface area contributed by atoms with E-state index in [0.29, 0.717) is 19.8 Å². The van der Waals surface area contributed by atoms with Gasteiger partial charge in [0.2, 0.25) is 0 Å². The van der Waals surface area contributed by atoms with E-state index in [-0.39, 0.29) is 15.5 Å². The van der Waals surface area contributed by atoms with Gasteiger partial charge in [-0.25, -0.2) is 4.57 Å². The smallest absolute Gasteiger partial charge is 0.361 e. The Bertz CT molecular complexity index is 351. The Balaban J connectivity index is 4.83. The van der Waals surface area contributed by atoms with Crippen LogP contribution in [0.3, 0.4) is 0 Å². The van der Waals surface area contributed by atoms with Gasteiger partial charge in [-0.3, -0.25) is 15.3 Å². The molecule has 116 valence electrons. The van der Waals surface area contributed by atoms with Gasteiger partial charge in [0.05, 0.1) is 19.8 Å². The predicted octanol–water partition coefficient (Wildman–Crippen LogP) is 1.83. The Labute approximate surface area is 134 Å². The molecule has 0 fully saturated rings. The Kier molecular flexibility index (Phi) is 9.74. The fourth-order valence-electron chi connectivity index (χ4n) is 0.960. The molecule has 0 aromatic carbocycles. The van der Waals surface area contributed by atoms with Gasteiger partial charge in [0.1, 0.15) is 0 Å². The second-order valence-electron chi connectivity index (χ2n) is 3.11. The molecule has 0 bridgehead atoms. The molecule has 0 atom stereocenters. The normalized spacial score (nSPS) is 10.2. The van der Waals surface area contributed by atoms with E-state index in [1.165, 1.54) is 0 Å². The topological polar surface area (TPSA) is 80.9 Å². The minimum Gasteiger partial charge on any atom is -0.471 e. The number of nitrogens with one attached hydrogen (secondary N) is 3. The molecule has 0 rings (SSSR count). The minimum absolute atomic E-state index is 0.0607. The van der Waals surface area contributed by atoms with Crippen LogP contribution in [0.5, 0.6) is 0 Å². The van der Waals surface area contributed by atoms with Gasteiger partial charge in [0.25, 0.3) is 15.5 Å². The minimum atomic E-state index is -3.53. The van der Waals surface area contributed by atoms with Crippen LogP contribution in [0.1, 0.15) is 20.8 Å². The highest BCUT2D eigenvalue weighted by Gasteiger charge is 2.27. The van der Waals surface area contributed by atoms with E-state index >= 15 is 0 Å². The molecule has 0 aromatic rings. The molecule has 0 unspecified atom stereocenters. The lowest BCUT2D eigenvalue weighted by molar-refractivity contribution is 0.320. The number of hydrogen-bond donors (Lipinski definition) is 3. The summed E-state index contributed by atoms with van der Waals surface area (Å²) in [6, 6.07) is 0. The van der Waals surface area contributed by atoms with E-state index < -0.39 is 7.59 Å². The summed E-state index contributed by atoms with van der Waals surface area (Å²) in [5.74, 6) is 0. The van der Waals surface area contributed by atoms with Gasteiger partial charge in [-0.1, -0.05) is 0 Å². The highest BCUT2D eigenvalue weighted by molar-refractivity contribution is 7.83. The van der Waals surface area contributed by atoms with Crippen LogP contribution in [0.4, 0.5) is 0 Å². The van der Waals surface area contributed by atoms with Gasteiger partial charge in [-0.2, -0.15) is 0 Å². The van der Waals surface area contributed by atoms with Gasteiger partial charge in [0.15, 0.2) is 0 Å². The number of ether oxygens (including phenoxy) is 3. The number of hydrogen-bond acceptors (Lipinski definition) is 7. The van der Waals surface area contributed by atoms with Crippen molar-refractivity contribution in [1.29, 1.82) is 0 Å². The van der Waals surface area contributed by atoms with Crippen LogP contribution in [-0.4, -0.2) is 35.3 Å². The molecule has 0 aromatic heterocycles. The molecular weight excluding hydrogens is 341 g/mol. The lowest BCUT2D eigenvalue weighted by atomic mass is 10.9. The Morgan fingerprint density at radius 3 is 1.25 bits per heavy atom. The van der Waals surface area contributed by atoms with Gasteiger partial charge in [-0.15, -0.1) is 0 Å². The van der Waals surface area contributed by atoms with Crippen LogP contribution in [-0.2, 0) is 18.8 Å². The fourth-order valence-corrected chi connectivity index (χ4v) is 3.60. The molecule has 3 N–H and O–H groups in total. The first-order chi connectivity index (χ1) is 9.36. The van der Waals surface area contributed by atoms with Crippen LogP contribution < -0.4 is 15.3 Å². The SMILES string of the molecule is CCOC(=S)NP(=O)(NC(=S)OCC)NC(=S)OCC. The Morgan fingerprint density at radius 2 is 1.05 bits per heavy atom. The highest BCUT2D eigenvalue weighted by Crippen LogP contribution is 2.31. The summed E-state index contributed by atoms with van der Waals surface area (Å²) in [5.41, 5.74) is 0. The van der Waals surface area contributed by atoms with Crippen molar-refractivity contribution in [2.75, 3.05) is 19.8 Å². The van der Waals surface area contributed by atoms with E-state index in [0.717, 1.165) is 0 Å². The first kappa shape index (κ1) is 19.3. The van der Waals surface area contributed by atoms with Crippen molar-refractivity contribution < 1.29 is 18.8 Å². The van der Waals surface area contributed by atoms with E-state index in [9.17, 15) is 4.57 Å². The quantitative estimate of drug-likeness (QED) is 0.483. The standard InChI is InChI=1S/C9H18N3O4PS3/c1-4-14-7(18)10-17(13,11-8(19)15-5-2)12-9(20)16-6-3/h4-6H2,1-3H3,(H3,10,11,12,13,18,19,20). The first-order valence-electron chi connectivity index (χ1n) is 5.82. The molecule has 0 saturated heterocycles. The maximum Gasteiger partial charge on any atom is 0.361 e. The molecule has 11 heteroatoms. The summed E-state index contributed by atoms with van der Waals surface area (Å²) < 4.78 is 27.7. The Morgan fingerprint density at radius 1 is 0.800 bits per heavy atom. The molecule has 0 aliphatic carbocycles. The van der Waals surface area contributed by atoms with Crippen molar-refractivity contribution in [2.45, 2.75) is 20.8 Å². The summed E-state index contributed by atoms with van der Waals surface area (Å²) in [6.07, 6.45) is 0. The largest absolute Gasteiger partial charge is 0.471 e. The summed E-state index contributed by atoms with van der Waals surface area (Å²) in [5, 5.41) is 7.26. The second kappa shape index (κ2) is 10.1. The van der Waals surface area contributed by atoms with Gasteiger partial charge >= 0.3 is 7.59 Å². The Hall–Kier alpha value is -0.700. The zero-order chi connectivity index (χ0) is 15.6. The molecule has 0 aliphatic heterocycles. The monoisotopic (exact) mass is 359 g/mol. The van der Waals surface area contributed by atoms with Gasteiger partial charge < -0.3 is 14.2 Å². The summed E-state index contributed by atoms with van der Waals surface area (Å²) in [7, 11) is -3.53. The third-order valence-corrected chi connectivity index (χ3v) is 4.24. The number of rotatable bonds is 6. The van der Waals surface area contributed by atoms with Crippen LogP contribution >= 0.6 is 44.2 Å². The second-order valence-corrected chi connectivity index (χ2v) is 6.11. The maximum atomic E-state index is 12.6. The predicted molar refractivity (Wildman–Crippen MR) is 89.7 cm³/mol. The molecule has 0 saturated carbocycles. The van der Waals surface area contributed by atoms with Crippen molar-refractivity contribution in [2.24, 2.45) is 0 Å². The highest BCUT2D eigenvalue weighted by atomic mass is 32.1. The van der Waals surface area contributed by atoms with E-state index in [2.05, 4.69) is 15.3 Å². The summed E-state index contributed by atoms with van der Waals surface area (Å²) in [4.78, 5) is 0. The van der Waals surface area contributed by atoms with Crippen LogP contribution in [0, 0.1) is 0 Å². The molecule has 0 radical (unpaired) electrons. The first-order valence-corrected chi connectivity index (χ1v) is 8.75. The molecule has 0 amide bonds. The van der Waals surface area contributed by atoms with Crippen LogP contribution in [0.25, 0.3) is 0 Å². The average molecular weight is 359 g/mol. The van der Waals surface area contributed by atoms with Crippen LogP contribution in [0.15, 0.2) is 0 Å². The van der Waals surface area contributed by atoms with E-state index in [1.807, 2.05) is 0 Å². The zero-order valence-corrected chi connectivity index (χ0v) is 14.8. The van der Waals surface area contributed by atoms with Gasteiger partial charge in [-0.05, 0) is 57.4 Å². The molecule has 20 heavy (non-hydrogen) atoms. The third-order valence-electron chi connectivity index (χ3n) is 1.57. The average Bonchev–Trinajstić information content (AvgIpc) is 2.28. The van der Waals surface area contributed by atoms with E-state index in [1.54, 1.807) is 20.8 Å². The molecular formula is C9H18N3O4PS3. The molecule has 0 spiro atoms. The maximum absolute atomic E-state index is 12.6. The molecule has 0 aliphatic rings.